The molecule has 1 aromatic heterocycles. The Balaban J connectivity index is 2.73. The van der Waals surface area contributed by atoms with E-state index in [4.69, 9.17) is 26.9 Å². The number of nitrogens with two attached hydrogens (primary N) is 1. The predicted octanol–water partition coefficient (Wildman–Crippen LogP) is 2.11. The maximum absolute atomic E-state index is 11.9. The minimum Gasteiger partial charge on any atom is -0.462 e. The summed E-state index contributed by atoms with van der Waals surface area (Å²) in [6.07, 6.45) is 0. The third-order valence-corrected chi connectivity index (χ3v) is 2.82. The zero-order valence-electron chi connectivity index (χ0n) is 10.1. The standard InChI is InChI=1S/C12H13ClN2O3/c1-3-18-12(16)10-8-5-4-7(13)6-9(8)15(17-2)11(10)14/h4-6H,3,14H2,1-2H3. The molecule has 0 radical (unpaired) electrons. The van der Waals surface area contributed by atoms with Crippen LogP contribution in [0, 0.1) is 0 Å². The molecule has 1 aromatic carbocycles. The van der Waals surface area contributed by atoms with E-state index in [1.165, 1.54) is 11.8 Å². The van der Waals surface area contributed by atoms with Crippen LogP contribution in [0.4, 0.5) is 5.82 Å². The highest BCUT2D eigenvalue weighted by molar-refractivity contribution is 6.31. The van der Waals surface area contributed by atoms with Crippen LogP contribution >= 0.6 is 11.6 Å². The highest BCUT2D eigenvalue weighted by Gasteiger charge is 2.22. The molecular weight excluding hydrogens is 256 g/mol. The fraction of sp³-hybridized carbons (Fsp3) is 0.250. The number of hydrogen-bond acceptors (Lipinski definition) is 4. The lowest BCUT2D eigenvalue weighted by molar-refractivity contribution is 0.0528. The summed E-state index contributed by atoms with van der Waals surface area (Å²) in [5.74, 6) is -0.272. The Bertz CT molecular complexity index is 607. The summed E-state index contributed by atoms with van der Waals surface area (Å²) < 4.78 is 6.34. The largest absolute Gasteiger partial charge is 0.462 e. The average Bonchev–Trinajstić information content (AvgIpc) is 2.60. The van der Waals surface area contributed by atoms with Gasteiger partial charge in [-0.3, -0.25) is 0 Å². The van der Waals surface area contributed by atoms with Gasteiger partial charge in [0.15, 0.2) is 5.82 Å². The fourth-order valence-electron chi connectivity index (χ4n) is 1.87. The van der Waals surface area contributed by atoms with E-state index in [2.05, 4.69) is 0 Å². The fourth-order valence-corrected chi connectivity index (χ4v) is 2.03. The minimum atomic E-state index is -0.474. The lowest BCUT2D eigenvalue weighted by Crippen LogP contribution is -2.12. The van der Waals surface area contributed by atoms with E-state index in [-0.39, 0.29) is 12.4 Å². The van der Waals surface area contributed by atoms with Gasteiger partial charge in [0.1, 0.15) is 12.7 Å². The molecule has 0 aliphatic carbocycles. The first kappa shape index (κ1) is 12.6. The molecule has 0 aliphatic heterocycles. The number of hydrogen-bond donors (Lipinski definition) is 1. The second kappa shape index (κ2) is 4.78. The van der Waals surface area contributed by atoms with Gasteiger partial charge in [-0.25, -0.2) is 4.79 Å². The molecule has 5 nitrogen and oxygen atoms in total. The number of carbonyl (C=O) groups excluding carboxylic acids is 1. The van der Waals surface area contributed by atoms with Crippen LogP contribution in [0.1, 0.15) is 17.3 Å². The molecule has 96 valence electrons. The Kier molecular flexibility index (Phi) is 3.34. The van der Waals surface area contributed by atoms with Crippen molar-refractivity contribution in [2.45, 2.75) is 6.92 Å². The number of halogens is 1. The third kappa shape index (κ3) is 1.86. The van der Waals surface area contributed by atoms with Gasteiger partial charge in [-0.15, -0.1) is 0 Å². The van der Waals surface area contributed by atoms with Crippen molar-refractivity contribution in [3.8, 4) is 0 Å². The third-order valence-electron chi connectivity index (χ3n) is 2.58. The zero-order valence-corrected chi connectivity index (χ0v) is 10.8. The van der Waals surface area contributed by atoms with Crippen molar-refractivity contribution >= 4 is 34.3 Å². The molecule has 0 amide bonds. The van der Waals surface area contributed by atoms with Crippen molar-refractivity contribution in [2.75, 3.05) is 19.5 Å². The Morgan fingerprint density at radius 2 is 2.22 bits per heavy atom. The number of ether oxygens (including phenoxy) is 1. The summed E-state index contributed by atoms with van der Waals surface area (Å²) in [4.78, 5) is 17.0. The number of carbonyl (C=O) groups is 1. The Hall–Kier alpha value is -1.88. The molecule has 0 atom stereocenters. The van der Waals surface area contributed by atoms with Crippen LogP contribution in [-0.2, 0) is 4.74 Å². The molecule has 2 N–H and O–H groups in total. The van der Waals surface area contributed by atoms with E-state index in [9.17, 15) is 4.79 Å². The van der Waals surface area contributed by atoms with Gasteiger partial charge < -0.3 is 15.3 Å². The Morgan fingerprint density at radius 3 is 2.83 bits per heavy atom. The number of esters is 1. The lowest BCUT2D eigenvalue weighted by Gasteiger charge is -2.05. The van der Waals surface area contributed by atoms with E-state index in [0.29, 0.717) is 21.5 Å². The molecule has 0 saturated heterocycles. The molecule has 0 aliphatic rings. The molecule has 18 heavy (non-hydrogen) atoms. The van der Waals surface area contributed by atoms with Gasteiger partial charge in [-0.05, 0) is 19.1 Å². The summed E-state index contributed by atoms with van der Waals surface area (Å²) in [6, 6.07) is 5.08. The van der Waals surface area contributed by atoms with Crippen molar-refractivity contribution in [2.24, 2.45) is 0 Å². The maximum Gasteiger partial charge on any atom is 0.342 e. The summed E-state index contributed by atoms with van der Waals surface area (Å²) in [5.41, 5.74) is 6.83. The van der Waals surface area contributed by atoms with E-state index >= 15 is 0 Å². The Morgan fingerprint density at radius 1 is 1.50 bits per heavy atom. The van der Waals surface area contributed by atoms with Gasteiger partial charge in [-0.2, -0.15) is 4.73 Å². The first-order valence-electron chi connectivity index (χ1n) is 5.41. The van der Waals surface area contributed by atoms with Crippen molar-refractivity contribution in [3.05, 3.63) is 28.8 Å². The summed E-state index contributed by atoms with van der Waals surface area (Å²) in [7, 11) is 1.46. The van der Waals surface area contributed by atoms with Crippen LogP contribution in [0.3, 0.4) is 0 Å². The first-order valence-corrected chi connectivity index (χ1v) is 5.79. The van der Waals surface area contributed by atoms with Crippen molar-refractivity contribution < 1.29 is 14.4 Å². The normalized spacial score (nSPS) is 10.6. The second-order valence-corrected chi connectivity index (χ2v) is 4.06. The van der Waals surface area contributed by atoms with Crippen LogP contribution in [0.2, 0.25) is 5.02 Å². The predicted molar refractivity (Wildman–Crippen MR) is 69.8 cm³/mol. The highest BCUT2D eigenvalue weighted by Crippen LogP contribution is 2.30. The molecular formula is C12H13ClN2O3. The molecule has 2 aromatic rings. The van der Waals surface area contributed by atoms with Gasteiger partial charge in [-0.1, -0.05) is 17.7 Å². The van der Waals surface area contributed by atoms with Crippen LogP contribution in [0.25, 0.3) is 10.9 Å². The molecule has 6 heteroatoms. The lowest BCUT2D eigenvalue weighted by atomic mass is 10.1. The quantitative estimate of drug-likeness (QED) is 0.866. The molecule has 0 fully saturated rings. The van der Waals surface area contributed by atoms with Crippen LogP contribution in [0.15, 0.2) is 18.2 Å². The Labute approximate surface area is 109 Å². The zero-order chi connectivity index (χ0) is 13.3. The molecule has 2 rings (SSSR count). The SMILES string of the molecule is CCOC(=O)c1c(N)n(OC)c2cc(Cl)ccc12. The number of benzene rings is 1. The summed E-state index contributed by atoms with van der Waals surface area (Å²) >= 11 is 5.92. The minimum absolute atomic E-state index is 0.202. The number of fused-ring (bicyclic) bond motifs is 1. The molecule has 1 heterocycles. The molecule has 0 spiro atoms. The number of nitrogens with zero attached hydrogens (tertiary/aromatic N) is 1. The van der Waals surface area contributed by atoms with Crippen LogP contribution in [-0.4, -0.2) is 24.4 Å². The van der Waals surface area contributed by atoms with Crippen LogP contribution < -0.4 is 10.6 Å². The summed E-state index contributed by atoms with van der Waals surface area (Å²) in [5, 5.41) is 1.19. The maximum atomic E-state index is 11.9. The van der Waals surface area contributed by atoms with E-state index in [1.54, 1.807) is 25.1 Å². The number of rotatable bonds is 3. The van der Waals surface area contributed by atoms with Crippen molar-refractivity contribution in [1.29, 1.82) is 0 Å². The van der Waals surface area contributed by atoms with Gasteiger partial charge in [0, 0.05) is 10.4 Å². The van der Waals surface area contributed by atoms with Crippen molar-refractivity contribution in [1.82, 2.24) is 4.73 Å². The monoisotopic (exact) mass is 268 g/mol. The second-order valence-electron chi connectivity index (χ2n) is 3.62. The van der Waals surface area contributed by atoms with Crippen LogP contribution in [0.5, 0.6) is 0 Å². The number of anilines is 1. The highest BCUT2D eigenvalue weighted by atomic mass is 35.5. The smallest absolute Gasteiger partial charge is 0.342 e. The first-order chi connectivity index (χ1) is 8.60. The molecule has 0 bridgehead atoms. The van der Waals surface area contributed by atoms with Gasteiger partial charge in [0.25, 0.3) is 0 Å². The number of aromatic nitrogens is 1. The molecule has 0 saturated carbocycles. The molecule has 0 unspecified atom stereocenters. The average molecular weight is 269 g/mol. The van der Waals surface area contributed by atoms with Crippen molar-refractivity contribution in [3.63, 3.8) is 0 Å². The van der Waals surface area contributed by atoms with E-state index in [1.807, 2.05) is 0 Å². The summed E-state index contributed by atoms with van der Waals surface area (Å²) in [6.45, 7) is 2.02. The topological polar surface area (TPSA) is 66.5 Å². The van der Waals surface area contributed by atoms with Gasteiger partial charge in [0.2, 0.25) is 0 Å². The number of nitrogen functional groups attached to an aromatic ring is 1. The van der Waals surface area contributed by atoms with E-state index in [0.717, 1.165) is 0 Å². The van der Waals surface area contributed by atoms with E-state index < -0.39 is 5.97 Å². The van der Waals surface area contributed by atoms with Gasteiger partial charge in [0.05, 0.1) is 12.1 Å². The van der Waals surface area contributed by atoms with Gasteiger partial charge >= 0.3 is 5.97 Å².